The fraction of sp³-hybridized carbons (Fsp3) is 0.500. The van der Waals surface area contributed by atoms with Gasteiger partial charge < -0.3 is 14.3 Å². The van der Waals surface area contributed by atoms with E-state index in [0.29, 0.717) is 18.3 Å². The Labute approximate surface area is 134 Å². The van der Waals surface area contributed by atoms with Crippen molar-refractivity contribution >= 4 is 5.91 Å². The first-order valence-electron chi connectivity index (χ1n) is 7.67. The van der Waals surface area contributed by atoms with E-state index in [1.54, 1.807) is 17.6 Å². The van der Waals surface area contributed by atoms with Crippen LogP contribution in [-0.4, -0.2) is 20.7 Å². The molecule has 0 aromatic carbocycles. The van der Waals surface area contributed by atoms with Crippen molar-refractivity contribution in [1.82, 2.24) is 20.1 Å². The minimum atomic E-state index is -0.365. The van der Waals surface area contributed by atoms with Crippen molar-refractivity contribution in [2.45, 2.75) is 52.6 Å². The predicted molar refractivity (Wildman–Crippen MR) is 85.0 cm³/mol. The molecular weight excluding hydrogens is 296 g/mol. The normalized spacial score (nSPS) is 12.4. The van der Waals surface area contributed by atoms with Crippen LogP contribution in [0.25, 0.3) is 0 Å². The van der Waals surface area contributed by atoms with Crippen LogP contribution in [-0.2, 0) is 11.3 Å². The molecule has 124 valence electrons. The summed E-state index contributed by atoms with van der Waals surface area (Å²) >= 11 is 0. The Bertz CT molecular complexity index is 733. The highest BCUT2D eigenvalue weighted by Crippen LogP contribution is 2.16. The third kappa shape index (κ3) is 4.28. The highest BCUT2D eigenvalue weighted by atomic mass is 16.4. The Morgan fingerprint density at radius 2 is 1.96 bits per heavy atom. The molecule has 0 saturated heterocycles. The van der Waals surface area contributed by atoms with E-state index in [2.05, 4.69) is 15.5 Å². The molecule has 0 aliphatic carbocycles. The highest BCUT2D eigenvalue weighted by Gasteiger charge is 2.17. The Kier molecular flexibility index (Phi) is 5.31. The molecule has 7 nitrogen and oxygen atoms in total. The van der Waals surface area contributed by atoms with E-state index < -0.39 is 0 Å². The standard InChI is InChI=1S/C16H22N4O3/c1-10(2)15-18-19-16(23-15)12(4)17-13(21)8-9-20-11(3)6-5-7-14(20)22/h5-7,10,12H,8-9H2,1-4H3,(H,17,21)/t12-/m0/s1. The van der Waals surface area contributed by atoms with E-state index in [1.165, 1.54) is 6.07 Å². The number of rotatable bonds is 6. The second kappa shape index (κ2) is 7.21. The van der Waals surface area contributed by atoms with Crippen molar-refractivity contribution < 1.29 is 9.21 Å². The number of carbonyl (C=O) groups excluding carboxylic acids is 1. The second-order valence-corrected chi connectivity index (χ2v) is 5.83. The van der Waals surface area contributed by atoms with Gasteiger partial charge >= 0.3 is 0 Å². The first-order valence-corrected chi connectivity index (χ1v) is 7.67. The van der Waals surface area contributed by atoms with Crippen LogP contribution in [0.4, 0.5) is 0 Å². The predicted octanol–water partition coefficient (Wildman–Crippen LogP) is 1.93. The van der Waals surface area contributed by atoms with Gasteiger partial charge in [-0.1, -0.05) is 19.9 Å². The molecule has 0 unspecified atom stereocenters. The van der Waals surface area contributed by atoms with Gasteiger partial charge in [-0.15, -0.1) is 10.2 Å². The first kappa shape index (κ1) is 16.9. The number of aromatic nitrogens is 3. The molecule has 0 radical (unpaired) electrons. The van der Waals surface area contributed by atoms with Gasteiger partial charge in [-0.05, 0) is 19.9 Å². The van der Waals surface area contributed by atoms with Crippen LogP contribution in [0.15, 0.2) is 27.4 Å². The topological polar surface area (TPSA) is 90.0 Å². The summed E-state index contributed by atoms with van der Waals surface area (Å²) in [6.07, 6.45) is 0.209. The average molecular weight is 318 g/mol. The summed E-state index contributed by atoms with van der Waals surface area (Å²) in [7, 11) is 0. The zero-order valence-corrected chi connectivity index (χ0v) is 13.9. The van der Waals surface area contributed by atoms with Gasteiger partial charge in [-0.3, -0.25) is 9.59 Å². The van der Waals surface area contributed by atoms with Crippen molar-refractivity contribution in [3.8, 4) is 0 Å². The lowest BCUT2D eigenvalue weighted by molar-refractivity contribution is -0.122. The van der Waals surface area contributed by atoms with Gasteiger partial charge in [0.05, 0.1) is 0 Å². The molecule has 0 aliphatic heterocycles. The molecular formula is C16H22N4O3. The number of nitrogens with one attached hydrogen (secondary N) is 1. The third-order valence-corrected chi connectivity index (χ3v) is 3.53. The molecule has 0 saturated carbocycles. The van der Waals surface area contributed by atoms with Crippen molar-refractivity contribution in [3.05, 3.63) is 46.0 Å². The summed E-state index contributed by atoms with van der Waals surface area (Å²) in [4.78, 5) is 23.8. The Balaban J connectivity index is 1.92. The van der Waals surface area contributed by atoms with Crippen LogP contribution in [0.1, 0.15) is 56.6 Å². The fourth-order valence-corrected chi connectivity index (χ4v) is 2.15. The summed E-state index contributed by atoms with van der Waals surface area (Å²) in [6, 6.07) is 4.67. The second-order valence-electron chi connectivity index (χ2n) is 5.83. The number of hydrogen-bond donors (Lipinski definition) is 1. The van der Waals surface area contributed by atoms with E-state index in [0.717, 1.165) is 5.69 Å². The smallest absolute Gasteiger partial charge is 0.250 e. The number of aryl methyl sites for hydroxylation is 1. The molecule has 1 amide bonds. The molecule has 0 fully saturated rings. The van der Waals surface area contributed by atoms with Gasteiger partial charge in [0, 0.05) is 30.6 Å². The third-order valence-electron chi connectivity index (χ3n) is 3.53. The summed E-state index contributed by atoms with van der Waals surface area (Å²) in [6.45, 7) is 7.88. The Hall–Kier alpha value is -2.44. The average Bonchev–Trinajstić information content (AvgIpc) is 2.96. The minimum absolute atomic E-state index is 0.107. The summed E-state index contributed by atoms with van der Waals surface area (Å²) < 4.78 is 7.09. The lowest BCUT2D eigenvalue weighted by atomic mass is 10.2. The van der Waals surface area contributed by atoms with Crippen molar-refractivity contribution in [3.63, 3.8) is 0 Å². The van der Waals surface area contributed by atoms with Gasteiger partial charge in [0.2, 0.25) is 17.7 Å². The lowest BCUT2D eigenvalue weighted by Gasteiger charge is -2.12. The maximum absolute atomic E-state index is 12.0. The van der Waals surface area contributed by atoms with Gasteiger partial charge in [-0.2, -0.15) is 0 Å². The summed E-state index contributed by atoms with van der Waals surface area (Å²) in [5.41, 5.74) is 0.723. The SMILES string of the molecule is Cc1cccc(=O)n1CCC(=O)N[C@@H](C)c1nnc(C(C)C)o1. The molecule has 23 heavy (non-hydrogen) atoms. The van der Waals surface area contributed by atoms with E-state index in [-0.39, 0.29) is 29.8 Å². The van der Waals surface area contributed by atoms with Crippen LogP contribution in [0.2, 0.25) is 0 Å². The minimum Gasteiger partial charge on any atom is -0.423 e. The maximum Gasteiger partial charge on any atom is 0.250 e. The van der Waals surface area contributed by atoms with Gasteiger partial charge in [0.25, 0.3) is 5.56 Å². The number of pyridine rings is 1. The summed E-state index contributed by atoms with van der Waals surface area (Å²) in [5, 5.41) is 10.7. The maximum atomic E-state index is 12.0. The number of nitrogens with zero attached hydrogens (tertiary/aromatic N) is 3. The number of carbonyl (C=O) groups is 1. The molecule has 0 bridgehead atoms. The van der Waals surface area contributed by atoms with Crippen molar-refractivity contribution in [2.75, 3.05) is 0 Å². The first-order chi connectivity index (χ1) is 10.9. The van der Waals surface area contributed by atoms with Gasteiger partial charge in [0.1, 0.15) is 6.04 Å². The molecule has 1 N–H and O–H groups in total. The quantitative estimate of drug-likeness (QED) is 0.879. The Morgan fingerprint density at radius 3 is 2.57 bits per heavy atom. The Morgan fingerprint density at radius 1 is 1.26 bits per heavy atom. The summed E-state index contributed by atoms with van der Waals surface area (Å²) in [5.74, 6) is 0.909. The number of hydrogen-bond acceptors (Lipinski definition) is 5. The molecule has 0 aliphatic rings. The van der Waals surface area contributed by atoms with E-state index in [1.807, 2.05) is 26.8 Å². The zero-order valence-electron chi connectivity index (χ0n) is 13.9. The van der Waals surface area contributed by atoms with E-state index in [9.17, 15) is 9.59 Å². The van der Waals surface area contributed by atoms with Crippen LogP contribution < -0.4 is 10.9 Å². The van der Waals surface area contributed by atoms with Crippen LogP contribution in [0, 0.1) is 6.92 Å². The molecule has 0 spiro atoms. The van der Waals surface area contributed by atoms with Crippen LogP contribution >= 0.6 is 0 Å². The number of amides is 1. The highest BCUT2D eigenvalue weighted by molar-refractivity contribution is 5.76. The monoisotopic (exact) mass is 318 g/mol. The molecule has 7 heteroatoms. The molecule has 2 heterocycles. The molecule has 1 atom stereocenters. The van der Waals surface area contributed by atoms with E-state index in [4.69, 9.17) is 4.42 Å². The molecule has 2 aromatic heterocycles. The molecule has 2 aromatic rings. The van der Waals surface area contributed by atoms with Crippen LogP contribution in [0.5, 0.6) is 0 Å². The fourth-order valence-electron chi connectivity index (χ4n) is 2.15. The van der Waals surface area contributed by atoms with Crippen molar-refractivity contribution in [2.24, 2.45) is 0 Å². The van der Waals surface area contributed by atoms with Crippen LogP contribution in [0.3, 0.4) is 0 Å². The lowest BCUT2D eigenvalue weighted by Crippen LogP contribution is -2.30. The van der Waals surface area contributed by atoms with Gasteiger partial charge in [0.15, 0.2) is 0 Å². The van der Waals surface area contributed by atoms with E-state index >= 15 is 0 Å². The van der Waals surface area contributed by atoms with Crippen molar-refractivity contribution in [1.29, 1.82) is 0 Å². The van der Waals surface area contributed by atoms with Gasteiger partial charge in [-0.25, -0.2) is 0 Å². The molecule has 2 rings (SSSR count). The largest absolute Gasteiger partial charge is 0.423 e. The zero-order chi connectivity index (χ0) is 17.0.